The lowest BCUT2D eigenvalue weighted by Gasteiger charge is -2.35. The highest BCUT2D eigenvalue weighted by atomic mass is 16.7. The molecule has 0 aliphatic carbocycles. The van der Waals surface area contributed by atoms with Crippen molar-refractivity contribution in [2.75, 3.05) is 34.6 Å². The van der Waals surface area contributed by atoms with E-state index in [0.717, 1.165) is 41.2 Å². The van der Waals surface area contributed by atoms with Crippen molar-refractivity contribution in [1.82, 2.24) is 4.90 Å². The van der Waals surface area contributed by atoms with Crippen LogP contribution in [0, 0.1) is 0 Å². The molecule has 0 spiro atoms. The Bertz CT molecular complexity index is 895. The van der Waals surface area contributed by atoms with Crippen molar-refractivity contribution in [3.8, 4) is 23.0 Å². The molecule has 6 heteroatoms. The van der Waals surface area contributed by atoms with Crippen LogP contribution in [-0.2, 0) is 17.6 Å². The van der Waals surface area contributed by atoms with E-state index in [2.05, 4.69) is 4.90 Å². The van der Waals surface area contributed by atoms with Crippen molar-refractivity contribution in [1.29, 1.82) is 0 Å². The van der Waals surface area contributed by atoms with Gasteiger partial charge < -0.3 is 18.9 Å². The first kappa shape index (κ1) is 18.6. The first-order valence-electron chi connectivity index (χ1n) is 9.45. The summed E-state index contributed by atoms with van der Waals surface area (Å²) in [5.41, 5.74) is 3.11. The highest BCUT2D eigenvalue weighted by Crippen LogP contribution is 2.50. The Kier molecular flexibility index (Phi) is 5.13. The lowest BCUT2D eigenvalue weighted by atomic mass is 9.87. The largest absolute Gasteiger partial charge is 0.496 e. The zero-order valence-electron chi connectivity index (χ0n) is 16.5. The van der Waals surface area contributed by atoms with Gasteiger partial charge in [0.1, 0.15) is 11.5 Å². The van der Waals surface area contributed by atoms with Gasteiger partial charge in [-0.05, 0) is 31.2 Å². The molecule has 0 unspecified atom stereocenters. The van der Waals surface area contributed by atoms with Gasteiger partial charge in [0.2, 0.25) is 12.5 Å². The van der Waals surface area contributed by atoms with E-state index in [1.54, 1.807) is 14.2 Å². The molecule has 6 nitrogen and oxygen atoms in total. The summed E-state index contributed by atoms with van der Waals surface area (Å²) in [6, 6.07) is 9.63. The van der Waals surface area contributed by atoms with Crippen LogP contribution in [0.5, 0.6) is 23.0 Å². The third kappa shape index (κ3) is 3.29. The third-order valence-electron chi connectivity index (χ3n) is 5.55. The number of carbonyl (C=O) groups is 1. The molecule has 2 aromatic carbocycles. The van der Waals surface area contributed by atoms with Gasteiger partial charge in [0.05, 0.1) is 14.2 Å². The number of carbonyl (C=O) groups excluding carboxylic acids is 1. The molecule has 0 bridgehead atoms. The summed E-state index contributed by atoms with van der Waals surface area (Å²) in [6.07, 6.45) is 1.63. The van der Waals surface area contributed by atoms with Crippen LogP contribution in [0.25, 0.3) is 0 Å². The van der Waals surface area contributed by atoms with Crippen molar-refractivity contribution in [2.24, 2.45) is 0 Å². The van der Waals surface area contributed by atoms with Crippen molar-refractivity contribution in [3.63, 3.8) is 0 Å². The summed E-state index contributed by atoms with van der Waals surface area (Å²) < 4.78 is 22.3. The number of fused-ring (bicyclic) bond motifs is 2. The van der Waals surface area contributed by atoms with E-state index in [0.29, 0.717) is 24.3 Å². The van der Waals surface area contributed by atoms with Crippen LogP contribution in [0.2, 0.25) is 0 Å². The lowest BCUT2D eigenvalue weighted by Crippen LogP contribution is -2.34. The van der Waals surface area contributed by atoms with E-state index in [4.69, 9.17) is 18.9 Å². The Balaban J connectivity index is 1.63. The Morgan fingerprint density at radius 2 is 2.04 bits per heavy atom. The fraction of sp³-hybridized carbons (Fsp3) is 0.409. The molecule has 0 radical (unpaired) electrons. The fourth-order valence-corrected chi connectivity index (χ4v) is 4.13. The molecule has 0 N–H and O–H groups in total. The standard InChI is InChI=1S/C22H25NO5/c1-23-9-8-15-11-19-21(28-13-27-19)22(26-3)20(15)17(23)12-16(24)10-14-6-4-5-7-18(14)25-2/h4-7,11,17H,8-10,12-13H2,1-3H3/t17-/m1/s1. The van der Waals surface area contributed by atoms with Crippen LogP contribution in [0.1, 0.15) is 29.2 Å². The lowest BCUT2D eigenvalue weighted by molar-refractivity contribution is -0.119. The van der Waals surface area contributed by atoms with E-state index in [1.165, 1.54) is 0 Å². The minimum atomic E-state index is -0.0598. The second-order valence-corrected chi connectivity index (χ2v) is 7.19. The van der Waals surface area contributed by atoms with Crippen LogP contribution in [0.4, 0.5) is 0 Å². The number of Topliss-reactive ketones (excluding diaryl/α,β-unsaturated/α-hetero) is 1. The molecule has 0 aromatic heterocycles. The van der Waals surface area contributed by atoms with E-state index in [9.17, 15) is 4.79 Å². The summed E-state index contributed by atoms with van der Waals surface area (Å²) in [7, 11) is 5.32. The van der Waals surface area contributed by atoms with E-state index in [1.807, 2.05) is 37.4 Å². The number of methoxy groups -OCH3 is 2. The summed E-state index contributed by atoms with van der Waals surface area (Å²) in [4.78, 5) is 15.2. The van der Waals surface area contributed by atoms with Gasteiger partial charge in [-0.2, -0.15) is 0 Å². The maximum Gasteiger partial charge on any atom is 0.231 e. The van der Waals surface area contributed by atoms with Gasteiger partial charge in [0.25, 0.3) is 0 Å². The first-order valence-corrected chi connectivity index (χ1v) is 9.45. The smallest absolute Gasteiger partial charge is 0.231 e. The van der Waals surface area contributed by atoms with Crippen LogP contribution in [0.3, 0.4) is 0 Å². The highest BCUT2D eigenvalue weighted by molar-refractivity contribution is 5.82. The van der Waals surface area contributed by atoms with Gasteiger partial charge in [-0.15, -0.1) is 0 Å². The summed E-state index contributed by atoms with van der Waals surface area (Å²) in [5.74, 6) is 2.95. The minimum Gasteiger partial charge on any atom is -0.496 e. The quantitative estimate of drug-likeness (QED) is 0.764. The molecule has 0 amide bonds. The second kappa shape index (κ2) is 7.72. The number of likely N-dealkylation sites (N-methyl/N-ethyl adjacent to an activating group) is 1. The number of ether oxygens (including phenoxy) is 4. The topological polar surface area (TPSA) is 57.2 Å². The Labute approximate surface area is 165 Å². The molecule has 0 saturated heterocycles. The molecule has 0 fully saturated rings. The van der Waals surface area contributed by atoms with Gasteiger partial charge in [0, 0.05) is 36.6 Å². The number of hydrogen-bond acceptors (Lipinski definition) is 6. The first-order chi connectivity index (χ1) is 13.6. The monoisotopic (exact) mass is 383 g/mol. The number of benzene rings is 2. The average molecular weight is 383 g/mol. The summed E-state index contributed by atoms with van der Waals surface area (Å²) >= 11 is 0. The van der Waals surface area contributed by atoms with Crippen LogP contribution in [-0.4, -0.2) is 45.3 Å². The number of rotatable bonds is 6. The van der Waals surface area contributed by atoms with Crippen molar-refractivity contribution in [3.05, 3.63) is 47.0 Å². The zero-order valence-corrected chi connectivity index (χ0v) is 16.5. The normalized spacial score (nSPS) is 17.9. The van der Waals surface area contributed by atoms with E-state index < -0.39 is 0 Å². The number of para-hydroxylation sites is 1. The Morgan fingerprint density at radius 3 is 2.82 bits per heavy atom. The van der Waals surface area contributed by atoms with E-state index in [-0.39, 0.29) is 18.6 Å². The SMILES string of the molecule is COc1ccccc1CC(=O)C[C@@H]1c2c(cc3c(c2OC)OCO3)CCN1C. The predicted octanol–water partition coefficient (Wildman–Crippen LogP) is 3.16. The molecule has 1 atom stereocenters. The maximum atomic E-state index is 13.0. The molecule has 4 rings (SSSR count). The van der Waals surface area contributed by atoms with Gasteiger partial charge in [-0.3, -0.25) is 9.69 Å². The second-order valence-electron chi connectivity index (χ2n) is 7.19. The molecule has 2 heterocycles. The van der Waals surface area contributed by atoms with Crippen molar-refractivity contribution < 1.29 is 23.7 Å². The zero-order chi connectivity index (χ0) is 19.7. The van der Waals surface area contributed by atoms with Crippen molar-refractivity contribution >= 4 is 5.78 Å². The number of hydrogen-bond donors (Lipinski definition) is 0. The predicted molar refractivity (Wildman–Crippen MR) is 105 cm³/mol. The third-order valence-corrected chi connectivity index (χ3v) is 5.55. The van der Waals surface area contributed by atoms with Crippen LogP contribution < -0.4 is 18.9 Å². The summed E-state index contributed by atoms with van der Waals surface area (Å²) in [6.45, 7) is 1.07. The van der Waals surface area contributed by atoms with Crippen molar-refractivity contribution in [2.45, 2.75) is 25.3 Å². The Hall–Kier alpha value is -2.73. The average Bonchev–Trinajstić information content (AvgIpc) is 3.17. The maximum absolute atomic E-state index is 13.0. The van der Waals surface area contributed by atoms with Crippen LogP contribution in [0.15, 0.2) is 30.3 Å². The number of nitrogens with zero attached hydrogens (tertiary/aromatic N) is 1. The van der Waals surface area contributed by atoms with Gasteiger partial charge >= 0.3 is 0 Å². The number of ketones is 1. The molecule has 2 aliphatic heterocycles. The Morgan fingerprint density at radius 1 is 1.21 bits per heavy atom. The summed E-state index contributed by atoms with van der Waals surface area (Å²) in [5, 5.41) is 0. The van der Waals surface area contributed by atoms with Gasteiger partial charge in [-0.25, -0.2) is 0 Å². The molecule has 0 saturated carbocycles. The molecule has 2 aromatic rings. The van der Waals surface area contributed by atoms with E-state index >= 15 is 0 Å². The minimum absolute atomic E-state index is 0.0598. The molecular weight excluding hydrogens is 358 g/mol. The van der Waals surface area contributed by atoms with Crippen LogP contribution >= 0.6 is 0 Å². The highest BCUT2D eigenvalue weighted by Gasteiger charge is 2.34. The fourth-order valence-electron chi connectivity index (χ4n) is 4.13. The molecule has 28 heavy (non-hydrogen) atoms. The molecule has 148 valence electrons. The molecular formula is C22H25NO5. The van der Waals surface area contributed by atoms with Gasteiger partial charge in [0.15, 0.2) is 11.5 Å². The van der Waals surface area contributed by atoms with Gasteiger partial charge in [-0.1, -0.05) is 18.2 Å². The molecule has 2 aliphatic rings.